The van der Waals surface area contributed by atoms with Gasteiger partial charge in [-0.15, -0.1) is 0 Å². The fourth-order valence-electron chi connectivity index (χ4n) is 1.76. The first-order valence-electron chi connectivity index (χ1n) is 5.28. The molecule has 94 valence electrons. The minimum Gasteiger partial charge on any atom is -0.386 e. The van der Waals surface area contributed by atoms with Crippen molar-refractivity contribution in [2.45, 2.75) is 25.4 Å². The molecule has 0 fully saturated rings. The van der Waals surface area contributed by atoms with E-state index in [-0.39, 0.29) is 23.9 Å². The Balaban J connectivity index is 2.15. The molecule has 3 atom stereocenters. The summed E-state index contributed by atoms with van der Waals surface area (Å²) in [4.78, 5) is 23.2. The van der Waals surface area contributed by atoms with E-state index in [2.05, 4.69) is 21.3 Å². The number of carbonyl (C=O) groups is 2. The van der Waals surface area contributed by atoms with E-state index in [1.165, 1.54) is 6.92 Å². The van der Waals surface area contributed by atoms with Crippen LogP contribution in [-0.4, -0.2) is 41.8 Å². The first-order valence-corrected chi connectivity index (χ1v) is 5.28. The molecule has 0 saturated heterocycles. The number of hydrogen-bond acceptors (Lipinski definition) is 7. The lowest BCUT2D eigenvalue weighted by molar-refractivity contribution is -0.128. The van der Waals surface area contributed by atoms with Gasteiger partial charge in [-0.25, -0.2) is 0 Å². The van der Waals surface area contributed by atoms with Crippen molar-refractivity contribution in [3.8, 4) is 0 Å². The van der Waals surface area contributed by atoms with Crippen molar-refractivity contribution in [1.29, 1.82) is 0 Å². The van der Waals surface area contributed by atoms with Gasteiger partial charge in [-0.2, -0.15) is 0 Å². The Hall–Kier alpha value is -1.80. The largest absolute Gasteiger partial charge is 0.386 e. The Kier molecular flexibility index (Phi) is 2.90. The number of carbonyl (C=O) groups excluding carboxylic acids is 2. The fourth-order valence-corrected chi connectivity index (χ4v) is 1.76. The van der Waals surface area contributed by atoms with Gasteiger partial charge in [-0.05, 0) is 6.92 Å². The molecular weight excluding hydrogens is 226 g/mol. The number of aliphatic hydroxyl groups is 1. The van der Waals surface area contributed by atoms with Crippen LogP contribution in [0.2, 0.25) is 0 Å². The van der Waals surface area contributed by atoms with Gasteiger partial charge >= 0.3 is 0 Å². The summed E-state index contributed by atoms with van der Waals surface area (Å²) in [6, 6.07) is -0.629. The molecule has 2 aliphatic rings. The number of rotatable bonds is 2. The molecule has 2 rings (SSSR count). The minimum absolute atomic E-state index is 0.233. The van der Waals surface area contributed by atoms with Gasteiger partial charge in [0, 0.05) is 6.54 Å². The van der Waals surface area contributed by atoms with Gasteiger partial charge in [0.1, 0.15) is 23.7 Å². The van der Waals surface area contributed by atoms with Crippen molar-refractivity contribution >= 4 is 11.7 Å². The highest BCUT2D eigenvalue weighted by Gasteiger charge is 2.33. The quantitative estimate of drug-likeness (QED) is 0.298. The van der Waals surface area contributed by atoms with Gasteiger partial charge in [0.25, 0.3) is 5.91 Å². The van der Waals surface area contributed by atoms with Gasteiger partial charge in [0.05, 0.1) is 0 Å². The van der Waals surface area contributed by atoms with Crippen LogP contribution in [0.1, 0.15) is 6.92 Å². The Labute approximate surface area is 97.6 Å². The molecule has 17 heavy (non-hydrogen) atoms. The van der Waals surface area contributed by atoms with Crippen molar-refractivity contribution in [1.82, 2.24) is 21.3 Å². The normalized spacial score (nSPS) is 29.2. The Morgan fingerprint density at radius 2 is 2.18 bits per heavy atom. The molecule has 0 bridgehead atoms. The van der Waals surface area contributed by atoms with E-state index in [0.29, 0.717) is 5.82 Å². The van der Waals surface area contributed by atoms with E-state index in [1.807, 2.05) is 0 Å². The third-order valence-electron chi connectivity index (χ3n) is 2.62. The van der Waals surface area contributed by atoms with Crippen molar-refractivity contribution in [3.05, 3.63) is 11.5 Å². The zero-order valence-electron chi connectivity index (χ0n) is 9.28. The number of aliphatic hydroxyl groups excluding tert-OH is 1. The van der Waals surface area contributed by atoms with Crippen molar-refractivity contribution in [2.24, 2.45) is 5.73 Å². The predicted octanol–water partition coefficient (Wildman–Crippen LogP) is -3.37. The highest BCUT2D eigenvalue weighted by Crippen LogP contribution is 2.09. The van der Waals surface area contributed by atoms with Crippen LogP contribution in [0.3, 0.4) is 0 Å². The van der Waals surface area contributed by atoms with Crippen LogP contribution >= 0.6 is 0 Å². The lowest BCUT2D eigenvalue weighted by Gasteiger charge is -2.35. The van der Waals surface area contributed by atoms with Gasteiger partial charge in [-0.1, -0.05) is 0 Å². The molecule has 0 radical (unpaired) electrons. The maximum Gasteiger partial charge on any atom is 0.273 e. The van der Waals surface area contributed by atoms with E-state index >= 15 is 0 Å². The molecule has 0 aromatic rings. The summed E-state index contributed by atoms with van der Waals surface area (Å²) in [5.74, 6) is -0.288. The second kappa shape index (κ2) is 4.22. The first-order chi connectivity index (χ1) is 7.99. The summed E-state index contributed by atoms with van der Waals surface area (Å²) in [5, 5.41) is 20.2. The van der Waals surface area contributed by atoms with E-state index in [9.17, 15) is 14.7 Å². The van der Waals surface area contributed by atoms with Crippen LogP contribution in [0.4, 0.5) is 0 Å². The van der Waals surface area contributed by atoms with Crippen molar-refractivity contribution < 1.29 is 14.7 Å². The average molecular weight is 241 g/mol. The second-order valence-corrected chi connectivity index (χ2v) is 4.00. The highest BCUT2D eigenvalue weighted by atomic mass is 16.3. The van der Waals surface area contributed by atoms with Crippen LogP contribution in [0.25, 0.3) is 0 Å². The third-order valence-corrected chi connectivity index (χ3v) is 2.62. The number of amides is 1. The van der Waals surface area contributed by atoms with Crippen LogP contribution < -0.4 is 27.0 Å². The fraction of sp³-hybridized carbons (Fsp3) is 0.556. The van der Waals surface area contributed by atoms with Crippen LogP contribution in [0, 0.1) is 0 Å². The van der Waals surface area contributed by atoms with Crippen LogP contribution in [-0.2, 0) is 9.59 Å². The van der Waals surface area contributed by atoms with Gasteiger partial charge in [0.2, 0.25) is 0 Å². The van der Waals surface area contributed by atoms with Gasteiger partial charge < -0.3 is 26.4 Å². The molecule has 7 N–H and O–H groups in total. The molecule has 2 heterocycles. The third kappa shape index (κ3) is 2.17. The molecule has 2 aliphatic heterocycles. The lowest BCUT2D eigenvalue weighted by atomic mass is 10.1. The second-order valence-electron chi connectivity index (χ2n) is 4.00. The number of nitrogens with one attached hydrogen (secondary N) is 4. The summed E-state index contributed by atoms with van der Waals surface area (Å²) in [7, 11) is 0. The lowest BCUT2D eigenvalue weighted by Crippen LogP contribution is -2.64. The van der Waals surface area contributed by atoms with E-state index < -0.39 is 18.4 Å². The van der Waals surface area contributed by atoms with Gasteiger partial charge in [-0.3, -0.25) is 15.3 Å². The summed E-state index contributed by atoms with van der Waals surface area (Å²) in [5.41, 5.74) is 5.76. The standard InChI is InChI=1S/C9H15N5O3/c1-3(15)6(16)4-2-11-7-5(12-4)8(17)14-9(10)13-7/h3-4,9,11-13,15H,2,10H2,1H3,(H,14,17)/t3-,4-,9?/m0/s1. The van der Waals surface area contributed by atoms with E-state index in [1.54, 1.807) is 0 Å². The summed E-state index contributed by atoms with van der Waals surface area (Å²) in [6.45, 7) is 1.68. The Bertz CT molecular complexity index is 392. The van der Waals surface area contributed by atoms with E-state index in [4.69, 9.17) is 5.73 Å². The molecule has 0 spiro atoms. The number of nitrogens with two attached hydrogens (primary N) is 1. The van der Waals surface area contributed by atoms with Crippen molar-refractivity contribution in [2.75, 3.05) is 6.54 Å². The first kappa shape index (κ1) is 11.7. The zero-order valence-corrected chi connectivity index (χ0v) is 9.28. The molecule has 0 aliphatic carbocycles. The molecular formula is C9H15N5O3. The monoisotopic (exact) mass is 241 g/mol. The zero-order chi connectivity index (χ0) is 12.6. The number of hydrogen-bond donors (Lipinski definition) is 6. The summed E-state index contributed by atoms with van der Waals surface area (Å²) >= 11 is 0. The molecule has 0 aromatic heterocycles. The Morgan fingerprint density at radius 1 is 1.47 bits per heavy atom. The molecule has 0 aromatic carbocycles. The SMILES string of the molecule is C[C@H](O)C(=O)[C@@H]1CNC2=C(N1)C(=O)NC(N)N2. The molecule has 0 saturated carbocycles. The minimum atomic E-state index is -1.07. The van der Waals surface area contributed by atoms with Crippen molar-refractivity contribution in [3.63, 3.8) is 0 Å². The highest BCUT2D eigenvalue weighted by molar-refractivity contribution is 5.97. The maximum absolute atomic E-state index is 11.6. The number of ketones is 1. The summed E-state index contributed by atoms with van der Waals surface area (Å²) in [6.07, 6.45) is -1.72. The molecule has 1 unspecified atom stereocenters. The average Bonchev–Trinajstić information content (AvgIpc) is 2.27. The van der Waals surface area contributed by atoms with Crippen LogP contribution in [0.15, 0.2) is 11.5 Å². The topological polar surface area (TPSA) is 129 Å². The smallest absolute Gasteiger partial charge is 0.273 e. The van der Waals surface area contributed by atoms with E-state index in [0.717, 1.165) is 0 Å². The molecule has 8 heteroatoms. The van der Waals surface area contributed by atoms with Crippen LogP contribution in [0.5, 0.6) is 0 Å². The number of Topliss-reactive ketones (excluding diaryl/α,β-unsaturated/α-hetero) is 1. The molecule has 1 amide bonds. The molecule has 8 nitrogen and oxygen atoms in total. The summed E-state index contributed by atoms with van der Waals surface area (Å²) < 4.78 is 0. The Morgan fingerprint density at radius 3 is 2.82 bits per heavy atom. The van der Waals surface area contributed by atoms with Gasteiger partial charge in [0.15, 0.2) is 12.1 Å². The maximum atomic E-state index is 11.6. The predicted molar refractivity (Wildman–Crippen MR) is 57.9 cm³/mol.